The quantitative estimate of drug-likeness (QED) is 0.473. The maximum Gasteiger partial charge on any atom is 0.416 e. The molecular weight excluding hydrogens is 369 g/mol. The summed E-state index contributed by atoms with van der Waals surface area (Å²) in [5.74, 6) is 0. The van der Waals surface area contributed by atoms with E-state index in [1.165, 1.54) is 23.5 Å². The fourth-order valence-corrected chi connectivity index (χ4v) is 3.24. The molecule has 2 aromatic carbocycles. The van der Waals surface area contributed by atoms with E-state index in [0.29, 0.717) is 26.3 Å². The second-order valence-electron chi connectivity index (χ2n) is 5.26. The lowest BCUT2D eigenvalue weighted by atomic mass is 10.1. The molecule has 128 valence electrons. The minimum Gasteiger partial charge on any atom is -0.243 e. The van der Waals surface area contributed by atoms with Gasteiger partial charge in [0.2, 0.25) is 0 Å². The van der Waals surface area contributed by atoms with Crippen LogP contribution >= 0.6 is 22.9 Å². The number of aryl methyl sites for hydroxylation is 1. The van der Waals surface area contributed by atoms with Gasteiger partial charge in [-0.05, 0) is 25.1 Å². The molecule has 3 aromatic rings. The van der Waals surface area contributed by atoms with Gasteiger partial charge in [-0.1, -0.05) is 53.3 Å². The highest BCUT2D eigenvalue weighted by atomic mass is 35.5. The average molecular weight is 381 g/mol. The van der Waals surface area contributed by atoms with Gasteiger partial charge in [0.15, 0.2) is 0 Å². The molecule has 0 aliphatic carbocycles. The van der Waals surface area contributed by atoms with Crippen LogP contribution in [0.15, 0.2) is 53.5 Å². The Morgan fingerprint density at radius 1 is 1.08 bits per heavy atom. The number of alkyl halides is 3. The van der Waals surface area contributed by atoms with Gasteiger partial charge in [0.1, 0.15) is 10.0 Å². The predicted molar refractivity (Wildman–Crippen MR) is 96.0 cm³/mol. The maximum absolute atomic E-state index is 12.6. The Kier molecular flexibility index (Phi) is 4.92. The lowest BCUT2D eigenvalue weighted by Crippen LogP contribution is -2.03. The van der Waals surface area contributed by atoms with Crippen LogP contribution < -0.4 is 0 Å². The SMILES string of the molecule is Cc1nc(-c2ccc(C(F)(F)F)cc2)sc1N=Cc1ccccc1Cl. The van der Waals surface area contributed by atoms with Crippen LogP contribution in [-0.2, 0) is 6.18 Å². The van der Waals surface area contributed by atoms with Gasteiger partial charge in [-0.2, -0.15) is 13.2 Å². The molecule has 0 fully saturated rings. The zero-order valence-corrected chi connectivity index (χ0v) is 14.6. The number of hydrogen-bond acceptors (Lipinski definition) is 3. The summed E-state index contributed by atoms with van der Waals surface area (Å²) in [4.78, 5) is 8.80. The van der Waals surface area contributed by atoms with Gasteiger partial charge in [-0.15, -0.1) is 0 Å². The van der Waals surface area contributed by atoms with Crippen molar-refractivity contribution in [3.63, 3.8) is 0 Å². The molecule has 3 rings (SSSR count). The lowest BCUT2D eigenvalue weighted by molar-refractivity contribution is -0.137. The zero-order valence-electron chi connectivity index (χ0n) is 13.0. The molecule has 7 heteroatoms. The van der Waals surface area contributed by atoms with Gasteiger partial charge in [0.05, 0.1) is 11.3 Å². The maximum atomic E-state index is 12.6. The number of rotatable bonds is 3. The zero-order chi connectivity index (χ0) is 18.0. The molecule has 0 N–H and O–H groups in total. The summed E-state index contributed by atoms with van der Waals surface area (Å²) in [5, 5.41) is 1.91. The van der Waals surface area contributed by atoms with Crippen molar-refractivity contribution in [2.75, 3.05) is 0 Å². The lowest BCUT2D eigenvalue weighted by Gasteiger charge is -2.06. The number of hydrogen-bond donors (Lipinski definition) is 0. The largest absolute Gasteiger partial charge is 0.416 e. The van der Waals surface area contributed by atoms with Gasteiger partial charge < -0.3 is 0 Å². The molecular formula is C18H12ClF3N2S. The van der Waals surface area contributed by atoms with Crippen molar-refractivity contribution >= 4 is 34.2 Å². The van der Waals surface area contributed by atoms with E-state index in [0.717, 1.165) is 17.7 Å². The van der Waals surface area contributed by atoms with E-state index in [2.05, 4.69) is 9.98 Å². The van der Waals surface area contributed by atoms with Crippen molar-refractivity contribution in [1.29, 1.82) is 0 Å². The molecule has 25 heavy (non-hydrogen) atoms. The topological polar surface area (TPSA) is 25.2 Å². The Morgan fingerprint density at radius 3 is 2.40 bits per heavy atom. The standard InChI is InChI=1S/C18H12ClF3N2S/c1-11-16(23-10-13-4-2-3-5-15(13)19)25-17(24-11)12-6-8-14(9-7-12)18(20,21)22/h2-10H,1H3. The van der Waals surface area contributed by atoms with E-state index in [-0.39, 0.29) is 0 Å². The highest BCUT2D eigenvalue weighted by Crippen LogP contribution is 2.36. The van der Waals surface area contributed by atoms with Gasteiger partial charge in [-0.3, -0.25) is 0 Å². The molecule has 0 aliphatic rings. The highest BCUT2D eigenvalue weighted by molar-refractivity contribution is 7.18. The molecule has 0 atom stereocenters. The molecule has 0 amide bonds. The van der Waals surface area contributed by atoms with E-state index < -0.39 is 11.7 Å². The summed E-state index contributed by atoms with van der Waals surface area (Å²) >= 11 is 7.41. The van der Waals surface area contributed by atoms with Gasteiger partial charge in [0, 0.05) is 22.4 Å². The van der Waals surface area contributed by atoms with E-state index >= 15 is 0 Å². The van der Waals surface area contributed by atoms with Gasteiger partial charge in [0.25, 0.3) is 0 Å². The Labute approximate surface area is 151 Å². The minimum atomic E-state index is -4.35. The van der Waals surface area contributed by atoms with Gasteiger partial charge in [-0.25, -0.2) is 9.98 Å². The molecule has 1 aromatic heterocycles. The summed E-state index contributed by atoms with van der Waals surface area (Å²) in [6.45, 7) is 1.81. The Balaban J connectivity index is 1.86. The summed E-state index contributed by atoms with van der Waals surface area (Å²) in [5.41, 5.74) is 1.44. The number of benzene rings is 2. The van der Waals surface area contributed by atoms with E-state index in [1.54, 1.807) is 12.3 Å². The van der Waals surface area contributed by atoms with Crippen LogP contribution in [-0.4, -0.2) is 11.2 Å². The average Bonchev–Trinajstić information content (AvgIpc) is 2.94. The first kappa shape index (κ1) is 17.6. The van der Waals surface area contributed by atoms with Crippen LogP contribution in [0.2, 0.25) is 5.02 Å². The summed E-state index contributed by atoms with van der Waals surface area (Å²) in [6.07, 6.45) is -2.69. The van der Waals surface area contributed by atoms with Crippen molar-refractivity contribution < 1.29 is 13.2 Å². The van der Waals surface area contributed by atoms with Crippen molar-refractivity contribution in [2.24, 2.45) is 4.99 Å². The third-order valence-corrected chi connectivity index (χ3v) is 4.92. The fraction of sp³-hybridized carbons (Fsp3) is 0.111. The second-order valence-corrected chi connectivity index (χ2v) is 6.65. The number of halogens is 4. The van der Waals surface area contributed by atoms with Crippen molar-refractivity contribution in [3.8, 4) is 10.6 Å². The van der Waals surface area contributed by atoms with Crippen LogP contribution in [0.3, 0.4) is 0 Å². The normalized spacial score (nSPS) is 12.0. The minimum absolute atomic E-state index is 0.594. The third-order valence-electron chi connectivity index (χ3n) is 3.46. The van der Waals surface area contributed by atoms with E-state index in [4.69, 9.17) is 11.6 Å². The first-order valence-electron chi connectivity index (χ1n) is 7.28. The molecule has 0 saturated heterocycles. The second kappa shape index (κ2) is 6.98. The number of aromatic nitrogens is 1. The molecule has 1 heterocycles. The Morgan fingerprint density at radius 2 is 1.76 bits per heavy atom. The molecule has 0 unspecified atom stereocenters. The van der Waals surface area contributed by atoms with E-state index in [1.807, 2.05) is 25.1 Å². The molecule has 0 radical (unpaired) electrons. The summed E-state index contributed by atoms with van der Waals surface area (Å²) in [6, 6.07) is 12.3. The van der Waals surface area contributed by atoms with Crippen molar-refractivity contribution in [1.82, 2.24) is 4.98 Å². The van der Waals surface area contributed by atoms with Crippen molar-refractivity contribution in [2.45, 2.75) is 13.1 Å². The van der Waals surface area contributed by atoms with E-state index in [9.17, 15) is 13.2 Å². The summed E-state index contributed by atoms with van der Waals surface area (Å²) < 4.78 is 37.9. The molecule has 0 aliphatic heterocycles. The number of aliphatic imine (C=N–C) groups is 1. The Bertz CT molecular complexity index is 915. The van der Waals surface area contributed by atoms with Gasteiger partial charge >= 0.3 is 6.18 Å². The fourth-order valence-electron chi connectivity index (χ4n) is 2.14. The Hall–Kier alpha value is -2.18. The van der Waals surface area contributed by atoms with Crippen LogP contribution in [0.1, 0.15) is 16.8 Å². The highest BCUT2D eigenvalue weighted by Gasteiger charge is 2.30. The summed E-state index contributed by atoms with van der Waals surface area (Å²) in [7, 11) is 0. The van der Waals surface area contributed by atoms with Crippen LogP contribution in [0.25, 0.3) is 10.6 Å². The van der Waals surface area contributed by atoms with Crippen molar-refractivity contribution in [3.05, 3.63) is 70.4 Å². The third kappa shape index (κ3) is 4.08. The molecule has 0 bridgehead atoms. The predicted octanol–water partition coefficient (Wildman–Crippen LogP) is 6.54. The molecule has 0 saturated carbocycles. The smallest absolute Gasteiger partial charge is 0.243 e. The monoisotopic (exact) mass is 380 g/mol. The van der Waals surface area contributed by atoms with Crippen LogP contribution in [0, 0.1) is 6.92 Å². The van der Waals surface area contributed by atoms with Crippen LogP contribution in [0.5, 0.6) is 0 Å². The molecule has 0 spiro atoms. The molecule has 2 nitrogen and oxygen atoms in total. The van der Waals surface area contributed by atoms with Crippen LogP contribution in [0.4, 0.5) is 18.2 Å². The number of thiazole rings is 1. The first-order valence-corrected chi connectivity index (χ1v) is 8.48. The number of nitrogens with zero attached hydrogens (tertiary/aromatic N) is 2. The first-order chi connectivity index (χ1) is 11.8.